The van der Waals surface area contributed by atoms with E-state index in [1.807, 2.05) is 0 Å². The zero-order valence-corrected chi connectivity index (χ0v) is 12.5. The Balaban J connectivity index is 1.87. The van der Waals surface area contributed by atoms with Crippen molar-refractivity contribution in [3.8, 4) is 5.69 Å². The van der Waals surface area contributed by atoms with Gasteiger partial charge < -0.3 is 5.32 Å². The molecule has 116 valence electrons. The topological polar surface area (TPSA) is 66.9 Å². The molecule has 0 radical (unpaired) electrons. The lowest BCUT2D eigenvalue weighted by atomic mass is 10.3. The molecule has 2 N–H and O–H groups in total. The van der Waals surface area contributed by atoms with Gasteiger partial charge in [0.1, 0.15) is 11.5 Å². The molecule has 1 heterocycles. The molecule has 3 aromatic rings. The summed E-state index contributed by atoms with van der Waals surface area (Å²) in [4.78, 5) is 24.1. The molecule has 1 aromatic heterocycles. The molecular formula is C16H11ClFN3O2. The van der Waals surface area contributed by atoms with E-state index in [0.717, 1.165) is 0 Å². The van der Waals surface area contributed by atoms with E-state index in [1.54, 1.807) is 30.3 Å². The van der Waals surface area contributed by atoms with Gasteiger partial charge in [0, 0.05) is 16.8 Å². The maximum absolute atomic E-state index is 13.1. The van der Waals surface area contributed by atoms with Crippen LogP contribution in [-0.4, -0.2) is 15.7 Å². The van der Waals surface area contributed by atoms with E-state index < -0.39 is 17.3 Å². The number of rotatable bonds is 3. The normalized spacial score (nSPS) is 10.5. The van der Waals surface area contributed by atoms with Crippen molar-refractivity contribution in [2.45, 2.75) is 0 Å². The Kier molecular flexibility index (Phi) is 3.99. The summed E-state index contributed by atoms with van der Waals surface area (Å²) < 4.78 is 14.3. The first-order valence-electron chi connectivity index (χ1n) is 6.68. The smallest absolute Gasteiger partial charge is 0.273 e. The minimum absolute atomic E-state index is 0.0641. The highest BCUT2D eigenvalue weighted by Gasteiger charge is 2.12. The van der Waals surface area contributed by atoms with Gasteiger partial charge in [-0.15, -0.1) is 0 Å². The van der Waals surface area contributed by atoms with Crippen LogP contribution in [0.3, 0.4) is 0 Å². The zero-order chi connectivity index (χ0) is 16.4. The van der Waals surface area contributed by atoms with Gasteiger partial charge >= 0.3 is 0 Å². The number of benzene rings is 2. The van der Waals surface area contributed by atoms with Crippen LogP contribution in [-0.2, 0) is 0 Å². The summed E-state index contributed by atoms with van der Waals surface area (Å²) in [7, 11) is 0. The summed E-state index contributed by atoms with van der Waals surface area (Å²) in [6.07, 6.45) is 0. The molecule has 7 heteroatoms. The van der Waals surface area contributed by atoms with E-state index >= 15 is 0 Å². The number of aromatic amines is 1. The molecule has 0 fully saturated rings. The van der Waals surface area contributed by atoms with Crippen molar-refractivity contribution < 1.29 is 9.18 Å². The number of hydrogen-bond donors (Lipinski definition) is 2. The van der Waals surface area contributed by atoms with Crippen LogP contribution in [0.25, 0.3) is 5.69 Å². The van der Waals surface area contributed by atoms with Crippen LogP contribution in [0.5, 0.6) is 0 Å². The van der Waals surface area contributed by atoms with Crippen LogP contribution in [0.1, 0.15) is 10.5 Å². The fourth-order valence-electron chi connectivity index (χ4n) is 2.06. The highest BCUT2D eigenvalue weighted by atomic mass is 35.5. The number of nitrogens with zero attached hydrogens (tertiary/aromatic N) is 1. The Hall–Kier alpha value is -2.86. The van der Waals surface area contributed by atoms with Gasteiger partial charge in [0.05, 0.1) is 5.69 Å². The van der Waals surface area contributed by atoms with Crippen molar-refractivity contribution in [3.63, 3.8) is 0 Å². The maximum Gasteiger partial charge on any atom is 0.273 e. The summed E-state index contributed by atoms with van der Waals surface area (Å²) in [5.41, 5.74) is 0.519. The molecule has 0 bridgehead atoms. The lowest BCUT2D eigenvalue weighted by Gasteiger charge is -2.04. The van der Waals surface area contributed by atoms with Gasteiger partial charge in [-0.25, -0.2) is 9.07 Å². The first kappa shape index (κ1) is 15.1. The minimum Gasteiger partial charge on any atom is -0.321 e. The largest absolute Gasteiger partial charge is 0.321 e. The third-order valence-corrected chi connectivity index (χ3v) is 3.38. The number of H-pyrrole nitrogens is 1. The molecule has 0 aliphatic rings. The fourth-order valence-corrected chi connectivity index (χ4v) is 2.18. The maximum atomic E-state index is 13.1. The average molecular weight is 332 g/mol. The second-order valence-electron chi connectivity index (χ2n) is 4.78. The zero-order valence-electron chi connectivity index (χ0n) is 11.7. The van der Waals surface area contributed by atoms with E-state index in [9.17, 15) is 14.0 Å². The minimum atomic E-state index is -0.541. The number of anilines is 1. The molecule has 0 atom stereocenters. The molecule has 0 saturated heterocycles. The van der Waals surface area contributed by atoms with Crippen LogP contribution in [0, 0.1) is 5.82 Å². The fraction of sp³-hybridized carbons (Fsp3) is 0. The predicted molar refractivity (Wildman–Crippen MR) is 85.8 cm³/mol. The summed E-state index contributed by atoms with van der Waals surface area (Å²) >= 11 is 5.81. The van der Waals surface area contributed by atoms with Gasteiger partial charge in [-0.1, -0.05) is 17.7 Å². The van der Waals surface area contributed by atoms with E-state index in [2.05, 4.69) is 10.4 Å². The molecule has 0 spiro atoms. The average Bonchev–Trinajstić information content (AvgIpc) is 2.90. The number of amides is 1. The third kappa shape index (κ3) is 3.32. The van der Waals surface area contributed by atoms with Gasteiger partial charge in [0.15, 0.2) is 0 Å². The predicted octanol–water partition coefficient (Wildman–Crippen LogP) is 3.21. The van der Waals surface area contributed by atoms with E-state index in [1.165, 1.54) is 28.9 Å². The molecule has 3 rings (SSSR count). The van der Waals surface area contributed by atoms with Crippen LogP contribution in [0.15, 0.2) is 59.4 Å². The van der Waals surface area contributed by atoms with Crippen LogP contribution >= 0.6 is 11.6 Å². The molecule has 2 aromatic carbocycles. The summed E-state index contributed by atoms with van der Waals surface area (Å²) in [5, 5.41) is 5.76. The highest BCUT2D eigenvalue weighted by Crippen LogP contribution is 2.13. The second-order valence-corrected chi connectivity index (χ2v) is 5.22. The first-order chi connectivity index (χ1) is 11.0. The van der Waals surface area contributed by atoms with Crippen molar-refractivity contribution in [1.82, 2.24) is 9.78 Å². The number of carbonyl (C=O) groups is 1. The number of carbonyl (C=O) groups excluding carboxylic acids is 1. The second kappa shape index (κ2) is 6.10. The van der Waals surface area contributed by atoms with Gasteiger partial charge in [-0.05, 0) is 42.5 Å². The Morgan fingerprint density at radius 3 is 2.57 bits per heavy atom. The monoisotopic (exact) mass is 331 g/mol. The molecule has 1 amide bonds. The molecular weight excluding hydrogens is 321 g/mol. The molecule has 0 aliphatic heterocycles. The van der Waals surface area contributed by atoms with Gasteiger partial charge in [0.25, 0.3) is 11.5 Å². The van der Waals surface area contributed by atoms with E-state index in [-0.39, 0.29) is 5.69 Å². The van der Waals surface area contributed by atoms with Crippen LogP contribution in [0.2, 0.25) is 5.02 Å². The molecule has 5 nitrogen and oxygen atoms in total. The summed E-state index contributed by atoms with van der Waals surface area (Å²) in [6, 6.07) is 13.2. The van der Waals surface area contributed by atoms with E-state index in [4.69, 9.17) is 11.6 Å². The van der Waals surface area contributed by atoms with Crippen molar-refractivity contribution in [1.29, 1.82) is 0 Å². The van der Waals surface area contributed by atoms with Crippen molar-refractivity contribution in [2.75, 3.05) is 5.32 Å². The highest BCUT2D eigenvalue weighted by molar-refractivity contribution is 6.30. The summed E-state index contributed by atoms with van der Waals surface area (Å²) in [5.74, 6) is -1.00. The Morgan fingerprint density at radius 2 is 1.87 bits per heavy atom. The Bertz CT molecular complexity index is 916. The molecule has 23 heavy (non-hydrogen) atoms. The standard InChI is InChI=1S/C16H11ClFN3O2/c17-10-4-6-13(7-5-10)21-15(22)9-14(20-21)16(23)19-12-3-1-2-11(18)8-12/h1-9,20H,(H,19,23). The van der Waals surface area contributed by atoms with Gasteiger partial charge in [0.2, 0.25) is 0 Å². The molecule has 0 unspecified atom stereocenters. The van der Waals surface area contributed by atoms with Gasteiger partial charge in [-0.2, -0.15) is 0 Å². The third-order valence-electron chi connectivity index (χ3n) is 3.13. The number of hydrogen-bond acceptors (Lipinski definition) is 2. The Morgan fingerprint density at radius 1 is 1.13 bits per heavy atom. The van der Waals surface area contributed by atoms with Crippen molar-refractivity contribution in [3.05, 3.63) is 81.5 Å². The van der Waals surface area contributed by atoms with E-state index in [0.29, 0.717) is 16.4 Å². The lowest BCUT2D eigenvalue weighted by molar-refractivity contribution is 0.102. The van der Waals surface area contributed by atoms with Crippen LogP contribution < -0.4 is 10.9 Å². The number of nitrogens with one attached hydrogen (secondary N) is 2. The first-order valence-corrected chi connectivity index (χ1v) is 7.06. The Labute approximate surface area is 135 Å². The number of halogens is 2. The SMILES string of the molecule is O=C(Nc1cccc(F)c1)c1cc(=O)n(-c2ccc(Cl)cc2)[nH]1. The van der Waals surface area contributed by atoms with Gasteiger partial charge in [-0.3, -0.25) is 14.7 Å². The summed E-state index contributed by atoms with van der Waals surface area (Å²) in [6.45, 7) is 0. The number of aromatic nitrogens is 2. The molecule has 0 saturated carbocycles. The van der Waals surface area contributed by atoms with Crippen LogP contribution in [0.4, 0.5) is 10.1 Å². The molecule has 0 aliphatic carbocycles. The van der Waals surface area contributed by atoms with Crippen molar-refractivity contribution >= 4 is 23.2 Å². The lowest BCUT2D eigenvalue weighted by Crippen LogP contribution is -2.14. The quantitative estimate of drug-likeness (QED) is 0.774. The van der Waals surface area contributed by atoms with Crippen molar-refractivity contribution in [2.24, 2.45) is 0 Å².